The Morgan fingerprint density at radius 1 is 1.12 bits per heavy atom. The van der Waals surface area contributed by atoms with Crippen molar-refractivity contribution in [2.45, 2.75) is 48.0 Å². The molecule has 1 heteroatoms. The smallest absolute Gasteiger partial charge is 0.123 e. The van der Waals surface area contributed by atoms with Crippen molar-refractivity contribution in [1.29, 1.82) is 0 Å². The first-order valence-corrected chi connectivity index (χ1v) is 5.63. The van der Waals surface area contributed by atoms with Crippen LogP contribution >= 0.6 is 0 Å². The van der Waals surface area contributed by atoms with Crippen molar-refractivity contribution in [1.82, 2.24) is 0 Å². The summed E-state index contributed by atoms with van der Waals surface area (Å²) in [4.78, 5) is 0. The van der Waals surface area contributed by atoms with Crippen LogP contribution in [0.5, 0.6) is 0 Å². The lowest BCUT2D eigenvalue weighted by atomic mass is 9.79. The average Bonchev–Trinajstić information content (AvgIpc) is 2.06. The van der Waals surface area contributed by atoms with Crippen molar-refractivity contribution >= 4 is 0 Å². The second-order valence-corrected chi connectivity index (χ2v) is 5.57. The molecule has 0 amide bonds. The number of hydrogen-bond donors (Lipinski definition) is 0. The van der Waals surface area contributed by atoms with Gasteiger partial charge in [0.1, 0.15) is 5.82 Å². The maximum Gasteiger partial charge on any atom is 0.123 e. The molecule has 1 aromatic rings. The standard InChI is InChI=1S/C14H21F.CH4/c1-11(2)9-14(3,4)10-12-5-7-13(15)8-6-12;/h5-8,11H,9-10H2,1-4H3;1H4. The second kappa shape index (κ2) is 6.03. The minimum absolute atomic E-state index is 0. The first-order chi connectivity index (χ1) is 6.89. The summed E-state index contributed by atoms with van der Waals surface area (Å²) in [6, 6.07) is 6.86. The van der Waals surface area contributed by atoms with Gasteiger partial charge in [-0.25, -0.2) is 4.39 Å². The van der Waals surface area contributed by atoms with Gasteiger partial charge in [-0.05, 0) is 41.9 Å². The van der Waals surface area contributed by atoms with Gasteiger partial charge in [-0.3, -0.25) is 0 Å². The first kappa shape index (κ1) is 15.2. The molecule has 0 heterocycles. The molecule has 0 bridgehead atoms. The van der Waals surface area contributed by atoms with Gasteiger partial charge in [0.2, 0.25) is 0 Å². The van der Waals surface area contributed by atoms with E-state index in [9.17, 15) is 4.39 Å². The summed E-state index contributed by atoms with van der Waals surface area (Å²) in [6.07, 6.45) is 2.22. The third-order valence-corrected chi connectivity index (χ3v) is 2.56. The lowest BCUT2D eigenvalue weighted by molar-refractivity contribution is 0.285. The zero-order chi connectivity index (χ0) is 11.5. The molecule has 0 radical (unpaired) electrons. The Bertz CT molecular complexity index is 296. The molecular weight excluding hydrogens is 199 g/mol. The Labute approximate surface area is 99.9 Å². The van der Waals surface area contributed by atoms with Crippen molar-refractivity contribution in [3.63, 3.8) is 0 Å². The fourth-order valence-corrected chi connectivity index (χ4v) is 2.33. The van der Waals surface area contributed by atoms with Crippen molar-refractivity contribution in [2.75, 3.05) is 0 Å². The Morgan fingerprint density at radius 2 is 1.62 bits per heavy atom. The Kier molecular flexibility index (Phi) is 5.71. The lowest BCUT2D eigenvalue weighted by Gasteiger charge is -2.26. The van der Waals surface area contributed by atoms with E-state index in [2.05, 4.69) is 27.7 Å². The first-order valence-electron chi connectivity index (χ1n) is 5.63. The van der Waals surface area contributed by atoms with Crippen molar-refractivity contribution in [2.24, 2.45) is 11.3 Å². The molecular formula is C15H25F. The average molecular weight is 224 g/mol. The normalized spacial score (nSPS) is 11.4. The van der Waals surface area contributed by atoms with Crippen LogP contribution in [-0.4, -0.2) is 0 Å². The predicted molar refractivity (Wildman–Crippen MR) is 70.1 cm³/mol. The van der Waals surface area contributed by atoms with Crippen molar-refractivity contribution < 1.29 is 4.39 Å². The summed E-state index contributed by atoms with van der Waals surface area (Å²) in [6.45, 7) is 9.03. The highest BCUT2D eigenvalue weighted by Gasteiger charge is 2.19. The van der Waals surface area contributed by atoms with E-state index >= 15 is 0 Å². The molecule has 1 rings (SSSR count). The van der Waals surface area contributed by atoms with E-state index < -0.39 is 0 Å². The van der Waals surface area contributed by atoms with Crippen molar-refractivity contribution in [3.05, 3.63) is 35.6 Å². The zero-order valence-electron chi connectivity index (χ0n) is 10.2. The van der Waals surface area contributed by atoms with E-state index in [1.54, 1.807) is 12.1 Å². The van der Waals surface area contributed by atoms with E-state index in [4.69, 9.17) is 0 Å². The van der Waals surface area contributed by atoms with Gasteiger partial charge >= 0.3 is 0 Å². The minimum atomic E-state index is -0.152. The van der Waals surface area contributed by atoms with Crippen LogP contribution in [0.4, 0.5) is 4.39 Å². The summed E-state index contributed by atoms with van der Waals surface area (Å²) >= 11 is 0. The monoisotopic (exact) mass is 224 g/mol. The molecule has 92 valence electrons. The predicted octanol–water partition coefficient (Wildman–Crippen LogP) is 5.08. The van der Waals surface area contributed by atoms with Gasteiger partial charge in [0, 0.05) is 0 Å². The number of hydrogen-bond acceptors (Lipinski definition) is 0. The third-order valence-electron chi connectivity index (χ3n) is 2.56. The maximum atomic E-state index is 12.7. The Balaban J connectivity index is 0.00000225. The van der Waals surface area contributed by atoms with E-state index in [0.717, 1.165) is 6.42 Å². The highest BCUT2D eigenvalue weighted by atomic mass is 19.1. The second-order valence-electron chi connectivity index (χ2n) is 5.57. The summed E-state index contributed by atoms with van der Waals surface area (Å²) < 4.78 is 12.7. The lowest BCUT2D eigenvalue weighted by Crippen LogP contribution is -2.17. The quantitative estimate of drug-likeness (QED) is 0.669. The van der Waals surface area contributed by atoms with Gasteiger partial charge in [0.25, 0.3) is 0 Å². The zero-order valence-corrected chi connectivity index (χ0v) is 10.2. The molecule has 0 unspecified atom stereocenters. The van der Waals surface area contributed by atoms with Crippen LogP contribution < -0.4 is 0 Å². The van der Waals surface area contributed by atoms with Crippen LogP contribution in [0.15, 0.2) is 24.3 Å². The molecule has 0 aliphatic rings. The molecule has 1 aromatic carbocycles. The Hall–Kier alpha value is -0.850. The molecule has 0 atom stereocenters. The fraction of sp³-hybridized carbons (Fsp3) is 0.600. The van der Waals surface area contributed by atoms with Gasteiger partial charge in [-0.15, -0.1) is 0 Å². The van der Waals surface area contributed by atoms with E-state index in [1.165, 1.54) is 12.0 Å². The molecule has 0 fully saturated rings. The molecule has 0 saturated heterocycles. The van der Waals surface area contributed by atoms with Crippen LogP contribution in [0, 0.1) is 17.2 Å². The van der Waals surface area contributed by atoms with Gasteiger partial charge in [-0.1, -0.05) is 47.3 Å². The molecule has 0 saturated carbocycles. The molecule has 0 spiro atoms. The van der Waals surface area contributed by atoms with Gasteiger partial charge in [0.15, 0.2) is 0 Å². The van der Waals surface area contributed by atoms with E-state index in [-0.39, 0.29) is 13.2 Å². The molecule has 16 heavy (non-hydrogen) atoms. The molecule has 0 nitrogen and oxygen atoms in total. The summed E-state index contributed by atoms with van der Waals surface area (Å²) in [5.74, 6) is 0.556. The SMILES string of the molecule is C.CC(C)CC(C)(C)Cc1ccc(F)cc1. The highest BCUT2D eigenvalue weighted by molar-refractivity contribution is 5.17. The maximum absolute atomic E-state index is 12.7. The molecule has 0 aliphatic carbocycles. The number of rotatable bonds is 4. The largest absolute Gasteiger partial charge is 0.207 e. The van der Waals surface area contributed by atoms with Crippen LogP contribution in [0.2, 0.25) is 0 Å². The summed E-state index contributed by atoms with van der Waals surface area (Å²) in [5.41, 5.74) is 1.52. The van der Waals surface area contributed by atoms with Gasteiger partial charge in [0.05, 0.1) is 0 Å². The van der Waals surface area contributed by atoms with Gasteiger partial charge in [-0.2, -0.15) is 0 Å². The highest BCUT2D eigenvalue weighted by Crippen LogP contribution is 2.29. The van der Waals surface area contributed by atoms with Crippen molar-refractivity contribution in [3.8, 4) is 0 Å². The van der Waals surface area contributed by atoms with Crippen LogP contribution in [0.1, 0.15) is 47.1 Å². The summed E-state index contributed by atoms with van der Waals surface area (Å²) in [5, 5.41) is 0. The van der Waals surface area contributed by atoms with E-state index in [1.807, 2.05) is 12.1 Å². The molecule has 0 N–H and O–H groups in total. The molecule has 0 aromatic heterocycles. The third kappa shape index (κ3) is 5.29. The minimum Gasteiger partial charge on any atom is -0.207 e. The summed E-state index contributed by atoms with van der Waals surface area (Å²) in [7, 11) is 0. The van der Waals surface area contributed by atoms with Gasteiger partial charge < -0.3 is 0 Å². The topological polar surface area (TPSA) is 0 Å². The van der Waals surface area contributed by atoms with E-state index in [0.29, 0.717) is 11.3 Å². The number of benzene rings is 1. The molecule has 0 aliphatic heterocycles. The van der Waals surface area contributed by atoms with Crippen LogP contribution in [-0.2, 0) is 6.42 Å². The fourth-order valence-electron chi connectivity index (χ4n) is 2.33. The van der Waals surface area contributed by atoms with Crippen LogP contribution in [0.3, 0.4) is 0 Å². The Morgan fingerprint density at radius 3 is 2.06 bits per heavy atom. The van der Waals surface area contributed by atoms with Crippen LogP contribution in [0.25, 0.3) is 0 Å². The number of halogens is 1.